The summed E-state index contributed by atoms with van der Waals surface area (Å²) in [7, 11) is 0. The van der Waals surface area contributed by atoms with Gasteiger partial charge in [0.15, 0.2) is 0 Å². The van der Waals surface area contributed by atoms with Crippen LogP contribution in [-0.2, 0) is 10.8 Å². The second kappa shape index (κ2) is 13.1. The van der Waals surface area contributed by atoms with Gasteiger partial charge in [-0.25, -0.2) is 0 Å². The van der Waals surface area contributed by atoms with Crippen molar-refractivity contribution < 1.29 is 8.83 Å². The fourth-order valence-corrected chi connectivity index (χ4v) is 11.9. The lowest BCUT2D eigenvalue weighted by Gasteiger charge is -2.44. The van der Waals surface area contributed by atoms with Crippen molar-refractivity contribution >= 4 is 60.8 Å². The molecule has 3 nitrogen and oxygen atoms in total. The van der Waals surface area contributed by atoms with Crippen molar-refractivity contribution in [1.29, 1.82) is 0 Å². The van der Waals surface area contributed by atoms with Gasteiger partial charge in [-0.3, -0.25) is 0 Å². The monoisotopic (exact) mass is 825 g/mol. The molecular formula is C61H47NO2. The van der Waals surface area contributed by atoms with Gasteiger partial charge in [0, 0.05) is 49.4 Å². The minimum atomic E-state index is -0.156. The van der Waals surface area contributed by atoms with Crippen LogP contribution in [0.4, 0.5) is 11.4 Å². The number of furan rings is 2. The van der Waals surface area contributed by atoms with Crippen LogP contribution in [0.25, 0.3) is 82.8 Å². The Bertz CT molecular complexity index is 3670. The maximum Gasteiger partial charge on any atom is 0.144 e. The molecule has 3 aliphatic rings. The molecule has 0 N–H and O–H groups in total. The molecule has 3 aliphatic carbocycles. The van der Waals surface area contributed by atoms with Crippen molar-refractivity contribution in [1.82, 2.24) is 0 Å². The van der Waals surface area contributed by atoms with Crippen LogP contribution in [0.2, 0.25) is 0 Å². The Hall–Kier alpha value is -7.36. The summed E-state index contributed by atoms with van der Waals surface area (Å²) in [5, 5.41) is 4.26. The normalized spacial score (nSPS) is 17.9. The molecule has 0 fully saturated rings. The summed E-state index contributed by atoms with van der Waals surface area (Å²) < 4.78 is 14.1. The minimum absolute atomic E-state index is 0.0889. The first-order valence-corrected chi connectivity index (χ1v) is 22.6. The second-order valence-corrected chi connectivity index (χ2v) is 19.5. The van der Waals surface area contributed by atoms with Crippen LogP contribution in [0.15, 0.2) is 197 Å². The molecule has 0 radical (unpaired) electrons. The molecule has 0 saturated heterocycles. The highest BCUT2D eigenvalue weighted by molar-refractivity contribution is 6.25. The summed E-state index contributed by atoms with van der Waals surface area (Å²) in [5.41, 5.74) is 20.5. The average Bonchev–Trinajstić information content (AvgIpc) is 4.00. The third kappa shape index (κ3) is 4.98. The van der Waals surface area contributed by atoms with Gasteiger partial charge in [0.1, 0.15) is 22.3 Å². The molecule has 3 heteroatoms. The smallest absolute Gasteiger partial charge is 0.144 e. The van der Waals surface area contributed by atoms with E-state index in [2.05, 4.69) is 222 Å². The first-order valence-electron chi connectivity index (χ1n) is 22.6. The first-order chi connectivity index (χ1) is 31.1. The van der Waals surface area contributed by atoms with Gasteiger partial charge in [-0.2, -0.15) is 0 Å². The lowest BCUT2D eigenvalue weighted by molar-refractivity contribution is 0.264. The van der Waals surface area contributed by atoms with Crippen LogP contribution in [-0.4, -0.2) is 0 Å². The molecule has 0 spiro atoms. The molecule has 0 aliphatic heterocycles. The molecule has 8 aromatic carbocycles. The second-order valence-electron chi connectivity index (χ2n) is 19.5. The van der Waals surface area contributed by atoms with Crippen LogP contribution >= 0.6 is 0 Å². The van der Waals surface area contributed by atoms with Crippen molar-refractivity contribution in [3.05, 3.63) is 210 Å². The number of hydrogen-bond acceptors (Lipinski definition) is 3. The molecule has 1 unspecified atom stereocenters. The molecule has 308 valence electrons. The van der Waals surface area contributed by atoms with Gasteiger partial charge in [0.2, 0.25) is 0 Å². The van der Waals surface area contributed by atoms with Gasteiger partial charge >= 0.3 is 0 Å². The van der Waals surface area contributed by atoms with Gasteiger partial charge in [-0.05, 0) is 111 Å². The lowest BCUT2D eigenvalue weighted by Crippen LogP contribution is -2.38. The summed E-state index contributed by atoms with van der Waals surface area (Å²) in [6.45, 7) is 12.0. The van der Waals surface area contributed by atoms with Crippen molar-refractivity contribution in [3.8, 4) is 33.4 Å². The highest BCUT2D eigenvalue weighted by Gasteiger charge is 2.53. The van der Waals surface area contributed by atoms with Gasteiger partial charge < -0.3 is 13.7 Å². The summed E-state index contributed by atoms with van der Waals surface area (Å²) >= 11 is 0. The van der Waals surface area contributed by atoms with E-state index in [0.29, 0.717) is 0 Å². The van der Waals surface area contributed by atoms with E-state index in [4.69, 9.17) is 8.83 Å². The van der Waals surface area contributed by atoms with E-state index >= 15 is 0 Å². The number of allylic oxidation sites excluding steroid dienone is 4. The largest absolute Gasteiger partial charge is 0.456 e. The van der Waals surface area contributed by atoms with Crippen molar-refractivity contribution in [2.24, 2.45) is 5.41 Å². The fourth-order valence-electron chi connectivity index (χ4n) is 11.9. The number of nitrogens with zero attached hydrogens (tertiary/aromatic N) is 1. The summed E-state index contributed by atoms with van der Waals surface area (Å²) in [4.78, 5) is 2.51. The van der Waals surface area contributed by atoms with Gasteiger partial charge in [0.25, 0.3) is 0 Å². The Morgan fingerprint density at radius 1 is 0.469 bits per heavy atom. The number of anilines is 2. The van der Waals surface area contributed by atoms with E-state index < -0.39 is 0 Å². The quantitative estimate of drug-likeness (QED) is 0.173. The van der Waals surface area contributed by atoms with Crippen LogP contribution in [0.3, 0.4) is 0 Å². The van der Waals surface area contributed by atoms with Gasteiger partial charge in [-0.15, -0.1) is 0 Å². The standard InChI is InChI=1S/C61H47NO2/c1-59(2)47-24-12-9-21-42(47)43-31-29-39(34-50(43)59)55-57-45-23-11-14-27-52(45)63-54(57)35-46-56-51(26-16-28-53(56)64-58(46)55)62(40-20-15-19-38(33-40)37-17-7-6-8-18-37)41-30-32-49-44-22-10-13-25-48(44)60(3,4)61(49,5)36-41/h6-35H,36H2,1-5H3. The van der Waals surface area contributed by atoms with Crippen molar-refractivity contribution in [2.75, 3.05) is 4.90 Å². The SMILES string of the molecule is CC1(C)c2ccccc2-c2ccc(-c3c4oc5cccc(N(C6=CC=C7c8ccccc8C(C)(C)C7(C)C6)c6cccc(-c7ccccc7)c6)c5c4cc4oc5ccccc5c34)cc21. The van der Waals surface area contributed by atoms with Crippen LogP contribution in [0, 0.1) is 5.41 Å². The average molecular weight is 826 g/mol. The predicted octanol–water partition coefficient (Wildman–Crippen LogP) is 16.9. The molecular weight excluding hydrogens is 779 g/mol. The van der Waals surface area contributed by atoms with Crippen LogP contribution < -0.4 is 4.90 Å². The lowest BCUT2D eigenvalue weighted by atomic mass is 9.62. The molecule has 13 rings (SSSR count). The van der Waals surface area contributed by atoms with Gasteiger partial charge in [-0.1, -0.05) is 168 Å². The molecule has 2 aromatic heterocycles. The van der Waals surface area contributed by atoms with Crippen LogP contribution in [0.5, 0.6) is 0 Å². The Morgan fingerprint density at radius 2 is 1.17 bits per heavy atom. The first kappa shape index (κ1) is 37.2. The number of hydrogen-bond donors (Lipinski definition) is 0. The highest BCUT2D eigenvalue weighted by atomic mass is 16.3. The van der Waals surface area contributed by atoms with Gasteiger partial charge in [0.05, 0.1) is 11.1 Å². The molecule has 0 amide bonds. The van der Waals surface area contributed by atoms with E-state index in [1.54, 1.807) is 0 Å². The number of para-hydroxylation sites is 1. The number of rotatable bonds is 5. The Labute approximate surface area is 373 Å². The summed E-state index contributed by atoms with van der Waals surface area (Å²) in [6.07, 6.45) is 5.63. The molecule has 2 heterocycles. The Balaban J connectivity index is 1.08. The third-order valence-electron chi connectivity index (χ3n) is 15.6. The van der Waals surface area contributed by atoms with Crippen molar-refractivity contribution in [2.45, 2.75) is 51.9 Å². The molecule has 1 atom stereocenters. The number of benzene rings is 8. The number of fused-ring (bicyclic) bond motifs is 12. The van der Waals surface area contributed by atoms with E-state index in [9.17, 15) is 0 Å². The summed E-state index contributed by atoms with van der Waals surface area (Å²) in [5.74, 6) is 0. The van der Waals surface area contributed by atoms with E-state index in [-0.39, 0.29) is 16.2 Å². The maximum absolute atomic E-state index is 7.27. The fraction of sp³-hybridized carbons (Fsp3) is 0.148. The molecule has 10 aromatic rings. The zero-order valence-electron chi connectivity index (χ0n) is 36.8. The zero-order valence-corrected chi connectivity index (χ0v) is 36.8. The summed E-state index contributed by atoms with van der Waals surface area (Å²) in [6, 6.07) is 61.9. The minimum Gasteiger partial charge on any atom is -0.456 e. The zero-order chi connectivity index (χ0) is 43.1. The van der Waals surface area contributed by atoms with E-state index in [1.165, 1.54) is 55.8 Å². The Kier molecular flexibility index (Phi) is 7.61. The van der Waals surface area contributed by atoms with Crippen molar-refractivity contribution in [3.63, 3.8) is 0 Å². The topological polar surface area (TPSA) is 29.5 Å². The molecule has 0 saturated carbocycles. The molecule has 0 bridgehead atoms. The molecule has 64 heavy (non-hydrogen) atoms. The van der Waals surface area contributed by atoms with E-state index in [0.717, 1.165) is 72.8 Å². The van der Waals surface area contributed by atoms with E-state index in [1.807, 2.05) is 0 Å². The highest BCUT2D eigenvalue weighted by Crippen LogP contribution is 2.63. The maximum atomic E-state index is 7.27. The Morgan fingerprint density at radius 3 is 2.03 bits per heavy atom. The third-order valence-corrected chi connectivity index (χ3v) is 15.6. The van der Waals surface area contributed by atoms with Crippen LogP contribution in [0.1, 0.15) is 63.3 Å². The predicted molar refractivity (Wildman–Crippen MR) is 266 cm³/mol.